The van der Waals surface area contributed by atoms with Gasteiger partial charge < -0.3 is 29.6 Å². The molecule has 39 heavy (non-hydrogen) atoms. The van der Waals surface area contributed by atoms with E-state index in [0.29, 0.717) is 56.4 Å². The van der Waals surface area contributed by atoms with Crippen molar-refractivity contribution < 1.29 is 27.4 Å². The van der Waals surface area contributed by atoms with E-state index in [1.807, 2.05) is 0 Å². The molecule has 4 rings (SSSR count). The lowest BCUT2D eigenvalue weighted by atomic mass is 9.97. The summed E-state index contributed by atoms with van der Waals surface area (Å²) in [6.07, 6.45) is -1.59. The van der Waals surface area contributed by atoms with E-state index >= 15 is 0 Å². The molecule has 0 unspecified atom stereocenters. The van der Waals surface area contributed by atoms with Gasteiger partial charge in [-0.25, -0.2) is 0 Å². The van der Waals surface area contributed by atoms with E-state index in [9.17, 15) is 22.8 Å². The number of rotatable bonds is 10. The summed E-state index contributed by atoms with van der Waals surface area (Å²) in [5, 5.41) is 6.15. The van der Waals surface area contributed by atoms with Crippen molar-refractivity contribution in [1.29, 1.82) is 0 Å². The molecule has 1 aromatic carbocycles. The zero-order valence-corrected chi connectivity index (χ0v) is 22.6. The molecule has 11 heteroatoms. The number of hydrogen-bond donors (Lipinski definition) is 2. The maximum absolute atomic E-state index is 13.6. The van der Waals surface area contributed by atoms with Gasteiger partial charge in [0.25, 0.3) is 11.5 Å². The number of nitrogens with zero attached hydrogens (tertiary/aromatic N) is 2. The lowest BCUT2D eigenvalue weighted by Crippen LogP contribution is -2.50. The fraction of sp³-hybridized carbons (Fsp3) is 0.571. The number of hydrogen-bond acceptors (Lipinski definition) is 6. The largest absolute Gasteiger partial charge is 0.416 e. The number of benzene rings is 1. The molecule has 2 saturated heterocycles. The fourth-order valence-electron chi connectivity index (χ4n) is 5.37. The molecule has 2 fully saturated rings. The third-order valence-electron chi connectivity index (χ3n) is 7.63. The van der Waals surface area contributed by atoms with Crippen LogP contribution in [0.3, 0.4) is 0 Å². The first-order valence-electron chi connectivity index (χ1n) is 13.3. The van der Waals surface area contributed by atoms with Crippen molar-refractivity contribution in [2.45, 2.75) is 44.9 Å². The summed E-state index contributed by atoms with van der Waals surface area (Å²) >= 11 is 0. The Bertz CT molecular complexity index is 1200. The molecule has 0 aliphatic carbocycles. The summed E-state index contributed by atoms with van der Waals surface area (Å²) in [7, 11) is 1.67. The van der Waals surface area contributed by atoms with Gasteiger partial charge in [-0.3, -0.25) is 9.59 Å². The van der Waals surface area contributed by atoms with Crippen molar-refractivity contribution in [2.24, 2.45) is 5.92 Å². The van der Waals surface area contributed by atoms with E-state index in [4.69, 9.17) is 9.47 Å². The molecule has 214 valence electrons. The van der Waals surface area contributed by atoms with E-state index in [1.165, 1.54) is 19.1 Å². The fourth-order valence-corrected chi connectivity index (χ4v) is 5.37. The standard InChI is InChI=1S/C28H37F3N4O4/c1-18-22(5-4-6-24(18)28(29,30)31)19(2)33-27(37)23-17-35(21-7-10-39-11-8-21)26(36)13-25(23)32-14-20-15-34(16-20)9-12-38-3/h4-6,13,17,19-21,32H,7-12,14-16H2,1-3H3,(H,33,37)/t19-/m1/s1. The van der Waals surface area contributed by atoms with Crippen LogP contribution in [-0.4, -0.2) is 68.5 Å². The summed E-state index contributed by atoms with van der Waals surface area (Å²) < 4.78 is 52.5. The number of likely N-dealkylation sites (tertiary alicyclic amines) is 1. The Hall–Kier alpha value is -2.89. The normalized spacial score (nSPS) is 18.0. The molecule has 2 aliphatic heterocycles. The van der Waals surface area contributed by atoms with Gasteiger partial charge in [0.05, 0.1) is 29.5 Å². The predicted molar refractivity (Wildman–Crippen MR) is 142 cm³/mol. The Morgan fingerprint density at radius 3 is 2.62 bits per heavy atom. The minimum Gasteiger partial charge on any atom is -0.384 e. The smallest absolute Gasteiger partial charge is 0.384 e. The first-order valence-corrected chi connectivity index (χ1v) is 13.3. The van der Waals surface area contributed by atoms with Gasteiger partial charge in [-0.1, -0.05) is 12.1 Å². The van der Waals surface area contributed by atoms with Gasteiger partial charge in [0, 0.05) is 70.7 Å². The summed E-state index contributed by atoms with van der Waals surface area (Å²) in [4.78, 5) is 28.9. The predicted octanol–water partition coefficient (Wildman–Crippen LogP) is 4.01. The molecule has 0 saturated carbocycles. The van der Waals surface area contributed by atoms with Crippen LogP contribution < -0.4 is 16.2 Å². The SMILES string of the molecule is COCCN1CC(CNc2cc(=O)n(C3CCOCC3)cc2C(=O)N[C@H](C)c2cccc(C(F)(F)F)c2C)C1. The van der Waals surface area contributed by atoms with Gasteiger partial charge >= 0.3 is 6.18 Å². The Labute approximate surface area is 226 Å². The average molecular weight is 551 g/mol. The maximum atomic E-state index is 13.6. The topological polar surface area (TPSA) is 84.8 Å². The summed E-state index contributed by atoms with van der Waals surface area (Å²) in [5.41, 5.74) is 0.231. The Morgan fingerprint density at radius 1 is 1.23 bits per heavy atom. The number of amides is 1. The quantitative estimate of drug-likeness (QED) is 0.465. The number of ether oxygens (including phenoxy) is 2. The molecule has 2 N–H and O–H groups in total. The molecular formula is C28H37F3N4O4. The van der Waals surface area contributed by atoms with E-state index in [1.54, 1.807) is 30.9 Å². The molecule has 2 aromatic rings. The molecular weight excluding hydrogens is 513 g/mol. The van der Waals surface area contributed by atoms with Gasteiger partial charge in [-0.15, -0.1) is 0 Å². The van der Waals surface area contributed by atoms with Crippen LogP contribution >= 0.6 is 0 Å². The van der Waals surface area contributed by atoms with Crippen molar-refractivity contribution in [3.63, 3.8) is 0 Å². The van der Waals surface area contributed by atoms with Crippen LogP contribution in [0.4, 0.5) is 18.9 Å². The van der Waals surface area contributed by atoms with Crippen molar-refractivity contribution >= 4 is 11.6 Å². The Morgan fingerprint density at radius 2 is 1.95 bits per heavy atom. The van der Waals surface area contributed by atoms with Gasteiger partial charge in [-0.05, 0) is 43.9 Å². The molecule has 0 bridgehead atoms. The van der Waals surface area contributed by atoms with Crippen LogP contribution in [0.25, 0.3) is 0 Å². The highest BCUT2D eigenvalue weighted by Crippen LogP contribution is 2.34. The van der Waals surface area contributed by atoms with Gasteiger partial charge in [0.2, 0.25) is 0 Å². The highest BCUT2D eigenvalue weighted by atomic mass is 19.4. The first kappa shape index (κ1) is 29.1. The Kier molecular flexibility index (Phi) is 9.35. The monoisotopic (exact) mass is 550 g/mol. The number of halogens is 3. The van der Waals surface area contributed by atoms with Crippen LogP contribution in [0, 0.1) is 12.8 Å². The van der Waals surface area contributed by atoms with Crippen LogP contribution in [0.2, 0.25) is 0 Å². The van der Waals surface area contributed by atoms with Gasteiger partial charge in [-0.2, -0.15) is 13.2 Å². The highest BCUT2D eigenvalue weighted by molar-refractivity contribution is 5.99. The molecule has 0 spiro atoms. The van der Waals surface area contributed by atoms with E-state index < -0.39 is 23.7 Å². The zero-order valence-electron chi connectivity index (χ0n) is 22.6. The van der Waals surface area contributed by atoms with E-state index in [-0.39, 0.29) is 22.7 Å². The number of carbonyl (C=O) groups excluding carboxylic acids is 1. The third kappa shape index (κ3) is 7.01. The molecule has 2 aliphatic rings. The van der Waals surface area contributed by atoms with Crippen LogP contribution in [0.5, 0.6) is 0 Å². The Balaban J connectivity index is 1.55. The van der Waals surface area contributed by atoms with E-state index in [0.717, 1.165) is 25.7 Å². The minimum atomic E-state index is -4.49. The minimum absolute atomic E-state index is 0.0753. The first-order chi connectivity index (χ1) is 18.6. The number of pyridine rings is 1. The molecule has 0 radical (unpaired) electrons. The van der Waals surface area contributed by atoms with Crippen LogP contribution in [-0.2, 0) is 15.7 Å². The number of alkyl halides is 3. The van der Waals surface area contributed by atoms with Crippen LogP contribution in [0.15, 0.2) is 35.3 Å². The maximum Gasteiger partial charge on any atom is 0.416 e. The average Bonchev–Trinajstić information content (AvgIpc) is 2.87. The second kappa shape index (κ2) is 12.5. The van der Waals surface area contributed by atoms with E-state index in [2.05, 4.69) is 15.5 Å². The summed E-state index contributed by atoms with van der Waals surface area (Å²) in [5.74, 6) is -0.0969. The van der Waals surface area contributed by atoms with Crippen molar-refractivity contribution in [3.8, 4) is 0 Å². The van der Waals surface area contributed by atoms with Crippen molar-refractivity contribution in [2.75, 3.05) is 58.4 Å². The zero-order chi connectivity index (χ0) is 28.2. The highest BCUT2D eigenvalue weighted by Gasteiger charge is 2.33. The van der Waals surface area contributed by atoms with Crippen LogP contribution in [0.1, 0.15) is 58.9 Å². The van der Waals surface area contributed by atoms with Gasteiger partial charge in [0.1, 0.15) is 0 Å². The lowest BCUT2D eigenvalue weighted by molar-refractivity contribution is -0.138. The van der Waals surface area contributed by atoms with Crippen molar-refractivity contribution in [1.82, 2.24) is 14.8 Å². The summed E-state index contributed by atoms with van der Waals surface area (Å²) in [6, 6.07) is 4.65. The molecule has 3 heterocycles. The third-order valence-corrected chi connectivity index (χ3v) is 7.63. The number of methoxy groups -OCH3 is 1. The molecule has 1 atom stereocenters. The summed E-state index contributed by atoms with van der Waals surface area (Å²) in [6.45, 7) is 8.03. The molecule has 8 nitrogen and oxygen atoms in total. The number of carbonyl (C=O) groups is 1. The second-order valence-electron chi connectivity index (χ2n) is 10.4. The number of nitrogens with one attached hydrogen (secondary N) is 2. The van der Waals surface area contributed by atoms with Crippen molar-refractivity contribution in [3.05, 3.63) is 63.1 Å². The molecule has 1 amide bonds. The second-order valence-corrected chi connectivity index (χ2v) is 10.4. The number of aromatic nitrogens is 1. The van der Waals surface area contributed by atoms with Gasteiger partial charge in [0.15, 0.2) is 0 Å². The lowest BCUT2D eigenvalue weighted by Gasteiger charge is -2.39. The number of anilines is 1. The molecule has 1 aromatic heterocycles.